The van der Waals surface area contributed by atoms with Crippen molar-refractivity contribution < 1.29 is 9.53 Å². The summed E-state index contributed by atoms with van der Waals surface area (Å²) >= 11 is 0. The smallest absolute Gasteiger partial charge is 0.251 e. The Hall–Kier alpha value is -3.77. The Bertz CT molecular complexity index is 1080. The van der Waals surface area contributed by atoms with E-state index < -0.39 is 5.41 Å². The molecule has 9 nitrogen and oxygen atoms in total. The number of nitrogens with one attached hydrogen (secondary N) is 4. The van der Waals surface area contributed by atoms with Crippen molar-refractivity contribution in [2.45, 2.75) is 39.7 Å². The summed E-state index contributed by atoms with van der Waals surface area (Å²) in [4.78, 5) is 21.4. The standard InChI is InChI=1S/C25H31N7O2/c1-17-13-29-24(31-21(12-26)14-28-20-8-10-34-11-9-20)32-22(17)18-4-6-19(7-5-18)23(33)30-16-25(2,3)15-27/h4-7,12-14,20,26,28H,8-11,16H2,1-3H3,(H,30,33)(H,29,31,32)/b21-14+,26-12?. The van der Waals surface area contributed by atoms with Crippen LogP contribution in [0.3, 0.4) is 0 Å². The number of ether oxygens (including phenoxy) is 1. The molecule has 4 N–H and O–H groups in total. The highest BCUT2D eigenvalue weighted by Crippen LogP contribution is 2.23. The van der Waals surface area contributed by atoms with Gasteiger partial charge in [0.25, 0.3) is 5.91 Å². The molecule has 2 aromatic rings. The van der Waals surface area contributed by atoms with Crippen molar-refractivity contribution in [3.8, 4) is 17.3 Å². The van der Waals surface area contributed by atoms with Crippen LogP contribution >= 0.6 is 0 Å². The van der Waals surface area contributed by atoms with Gasteiger partial charge in [0.15, 0.2) is 0 Å². The molecule has 0 saturated carbocycles. The Labute approximate surface area is 200 Å². The minimum atomic E-state index is -0.624. The van der Waals surface area contributed by atoms with Crippen molar-refractivity contribution in [2.24, 2.45) is 5.41 Å². The lowest BCUT2D eigenvalue weighted by Gasteiger charge is -2.22. The summed E-state index contributed by atoms with van der Waals surface area (Å²) in [6.45, 7) is 7.23. The third kappa shape index (κ3) is 6.86. The van der Waals surface area contributed by atoms with Crippen LogP contribution in [0.15, 0.2) is 42.4 Å². The first-order valence-electron chi connectivity index (χ1n) is 11.3. The molecule has 1 aromatic carbocycles. The van der Waals surface area contributed by atoms with Crippen molar-refractivity contribution in [2.75, 3.05) is 25.1 Å². The predicted molar refractivity (Wildman–Crippen MR) is 131 cm³/mol. The number of rotatable bonds is 9. The van der Waals surface area contributed by atoms with Crippen LogP contribution in [0.25, 0.3) is 11.3 Å². The van der Waals surface area contributed by atoms with E-state index in [1.807, 2.05) is 19.1 Å². The maximum Gasteiger partial charge on any atom is 0.251 e. The fourth-order valence-electron chi connectivity index (χ4n) is 3.33. The van der Waals surface area contributed by atoms with Gasteiger partial charge >= 0.3 is 0 Å². The second kappa shape index (κ2) is 11.4. The normalized spacial score (nSPS) is 14.7. The average molecular weight is 462 g/mol. The molecule has 34 heavy (non-hydrogen) atoms. The Morgan fingerprint density at radius 2 is 2.00 bits per heavy atom. The molecule has 0 spiro atoms. The minimum absolute atomic E-state index is 0.227. The number of anilines is 1. The van der Waals surface area contributed by atoms with Crippen molar-refractivity contribution >= 4 is 18.1 Å². The summed E-state index contributed by atoms with van der Waals surface area (Å²) in [5, 5.41) is 26.0. The largest absolute Gasteiger partial charge is 0.386 e. The lowest BCUT2D eigenvalue weighted by Crippen LogP contribution is -2.33. The Morgan fingerprint density at radius 3 is 2.65 bits per heavy atom. The fourth-order valence-corrected chi connectivity index (χ4v) is 3.33. The van der Waals surface area contributed by atoms with Gasteiger partial charge in [-0.05, 0) is 51.3 Å². The summed E-state index contributed by atoms with van der Waals surface area (Å²) in [5.41, 5.74) is 2.90. The molecule has 0 bridgehead atoms. The molecule has 1 amide bonds. The third-order valence-electron chi connectivity index (χ3n) is 5.49. The van der Waals surface area contributed by atoms with Crippen LogP contribution in [0.4, 0.5) is 5.95 Å². The molecule has 1 aliphatic heterocycles. The summed E-state index contributed by atoms with van der Waals surface area (Å²) in [6.07, 6.45) is 6.57. The van der Waals surface area contributed by atoms with E-state index in [1.54, 1.807) is 38.4 Å². The predicted octanol–water partition coefficient (Wildman–Crippen LogP) is 3.40. The molecule has 0 aliphatic carbocycles. The summed E-state index contributed by atoms with van der Waals surface area (Å²) < 4.78 is 5.37. The molecular formula is C25H31N7O2. The van der Waals surface area contributed by atoms with Gasteiger partial charge < -0.3 is 26.1 Å². The first-order chi connectivity index (χ1) is 16.3. The minimum Gasteiger partial charge on any atom is -0.386 e. The first-order valence-corrected chi connectivity index (χ1v) is 11.3. The number of hydrogen-bond acceptors (Lipinski definition) is 8. The van der Waals surface area contributed by atoms with Gasteiger partial charge in [-0.25, -0.2) is 9.97 Å². The second-order valence-corrected chi connectivity index (χ2v) is 8.90. The van der Waals surface area contributed by atoms with Crippen LogP contribution in [0, 0.1) is 29.1 Å². The molecule has 0 unspecified atom stereocenters. The zero-order chi connectivity index (χ0) is 24.6. The summed E-state index contributed by atoms with van der Waals surface area (Å²) in [7, 11) is 0. The van der Waals surface area contributed by atoms with Crippen molar-refractivity contribution in [3.63, 3.8) is 0 Å². The molecule has 1 fully saturated rings. The van der Waals surface area contributed by atoms with E-state index in [0.29, 0.717) is 23.3 Å². The Kier molecular flexibility index (Phi) is 8.33. The van der Waals surface area contributed by atoms with Gasteiger partial charge in [-0.2, -0.15) is 5.26 Å². The SMILES string of the molecule is Cc1cnc(N/C(C=N)=C/NC2CCOCC2)nc1-c1ccc(C(=O)NCC(C)(C)C#N)cc1. The van der Waals surface area contributed by atoms with E-state index in [9.17, 15) is 4.79 Å². The number of allylic oxidation sites excluding steroid dienone is 1. The highest BCUT2D eigenvalue weighted by molar-refractivity contribution is 5.94. The zero-order valence-corrected chi connectivity index (χ0v) is 19.8. The molecule has 0 radical (unpaired) electrons. The van der Waals surface area contributed by atoms with Crippen LogP contribution in [0.1, 0.15) is 42.6 Å². The highest BCUT2D eigenvalue weighted by atomic mass is 16.5. The van der Waals surface area contributed by atoms with Crippen LogP contribution < -0.4 is 16.0 Å². The summed E-state index contributed by atoms with van der Waals surface area (Å²) in [6, 6.07) is 9.64. The van der Waals surface area contributed by atoms with Gasteiger partial charge in [0.05, 0.1) is 22.9 Å². The molecule has 9 heteroatoms. The molecule has 2 heterocycles. The molecule has 178 valence electrons. The van der Waals surface area contributed by atoms with E-state index in [0.717, 1.165) is 42.9 Å². The molecule has 1 aromatic heterocycles. The number of benzene rings is 1. The monoisotopic (exact) mass is 461 g/mol. The molecule has 0 atom stereocenters. The van der Waals surface area contributed by atoms with Gasteiger partial charge in [0.1, 0.15) is 0 Å². The summed E-state index contributed by atoms with van der Waals surface area (Å²) in [5.74, 6) is 0.152. The van der Waals surface area contributed by atoms with Gasteiger partial charge in [-0.15, -0.1) is 0 Å². The number of carbonyl (C=O) groups is 1. The highest BCUT2D eigenvalue weighted by Gasteiger charge is 2.18. The Balaban J connectivity index is 1.69. The van der Waals surface area contributed by atoms with Gasteiger partial charge in [0.2, 0.25) is 5.95 Å². The lowest BCUT2D eigenvalue weighted by molar-refractivity contribution is 0.0812. The molecular weight excluding hydrogens is 430 g/mol. The van der Waals surface area contributed by atoms with E-state index in [1.165, 1.54) is 6.21 Å². The maximum atomic E-state index is 12.4. The number of carbonyl (C=O) groups excluding carboxylic acids is 1. The lowest BCUT2D eigenvalue weighted by atomic mass is 9.96. The van der Waals surface area contributed by atoms with Crippen molar-refractivity contribution in [1.82, 2.24) is 20.6 Å². The number of nitrogens with zero attached hydrogens (tertiary/aromatic N) is 3. The van der Waals surface area contributed by atoms with Gasteiger partial charge in [0, 0.05) is 55.5 Å². The molecule has 3 rings (SSSR count). The molecule has 1 aliphatic rings. The number of hydrogen-bond donors (Lipinski definition) is 4. The van der Waals surface area contributed by atoms with Gasteiger partial charge in [-0.1, -0.05) is 12.1 Å². The Morgan fingerprint density at radius 1 is 1.29 bits per heavy atom. The quantitative estimate of drug-likeness (QED) is 0.420. The fraction of sp³-hybridized carbons (Fsp3) is 0.400. The number of nitriles is 1. The van der Waals surface area contributed by atoms with Crippen molar-refractivity contribution in [1.29, 1.82) is 10.7 Å². The third-order valence-corrected chi connectivity index (χ3v) is 5.49. The van der Waals surface area contributed by atoms with E-state index in [2.05, 4.69) is 32.0 Å². The van der Waals surface area contributed by atoms with E-state index in [-0.39, 0.29) is 12.5 Å². The van der Waals surface area contributed by atoms with Crippen LogP contribution in [-0.2, 0) is 4.74 Å². The first kappa shape index (κ1) is 24.9. The number of amides is 1. The second-order valence-electron chi connectivity index (χ2n) is 8.90. The van der Waals surface area contributed by atoms with Crippen molar-refractivity contribution in [3.05, 3.63) is 53.5 Å². The number of aryl methyl sites for hydroxylation is 1. The maximum absolute atomic E-state index is 12.4. The average Bonchev–Trinajstić information content (AvgIpc) is 2.87. The van der Waals surface area contributed by atoms with Crippen LogP contribution in [-0.4, -0.2) is 47.9 Å². The van der Waals surface area contributed by atoms with E-state index in [4.69, 9.17) is 15.4 Å². The van der Waals surface area contributed by atoms with E-state index >= 15 is 0 Å². The van der Waals surface area contributed by atoms with Crippen LogP contribution in [0.2, 0.25) is 0 Å². The van der Waals surface area contributed by atoms with Gasteiger partial charge in [-0.3, -0.25) is 4.79 Å². The number of aromatic nitrogens is 2. The zero-order valence-electron chi connectivity index (χ0n) is 19.8. The van der Waals surface area contributed by atoms with Crippen LogP contribution in [0.5, 0.6) is 0 Å². The molecule has 1 saturated heterocycles. The topological polar surface area (TPSA) is 136 Å².